The molecule has 0 aliphatic heterocycles. The van der Waals surface area contributed by atoms with Crippen LogP contribution in [0.25, 0.3) is 0 Å². The Morgan fingerprint density at radius 2 is 1.65 bits per heavy atom. The summed E-state index contributed by atoms with van der Waals surface area (Å²) in [5, 5.41) is 0. The molecule has 0 bridgehead atoms. The summed E-state index contributed by atoms with van der Waals surface area (Å²) in [7, 11) is 0. The molecule has 1 amide bonds. The predicted molar refractivity (Wildman–Crippen MR) is 62.8 cm³/mol. The second kappa shape index (κ2) is 7.20. The molecule has 0 atom stereocenters. The molecule has 0 heterocycles. The van der Waals surface area contributed by atoms with Gasteiger partial charge in [-0.1, -0.05) is 23.9 Å². The predicted octanol–water partition coefficient (Wildman–Crippen LogP) is 2.24. The van der Waals surface area contributed by atoms with Gasteiger partial charge < -0.3 is 5.43 Å². The number of benzene rings is 2. The summed E-state index contributed by atoms with van der Waals surface area (Å²) in [6, 6.07) is 19.1. The van der Waals surface area contributed by atoms with Crippen LogP contribution in [0.2, 0.25) is 0 Å². The summed E-state index contributed by atoms with van der Waals surface area (Å²) in [6.07, 6.45) is 0. The van der Waals surface area contributed by atoms with Gasteiger partial charge in [-0.2, -0.15) is 18.2 Å². The van der Waals surface area contributed by atoms with Gasteiger partial charge in [-0.05, 0) is 12.1 Å². The van der Waals surface area contributed by atoms with E-state index in [-0.39, 0.29) is 38.6 Å². The number of hydrogen-bond donors (Lipinski definition) is 2. The zero-order valence-corrected chi connectivity index (χ0v) is 12.0. The fraction of sp³-hybridized carbons (Fsp3) is 0. The molecule has 2 N–H and O–H groups in total. The summed E-state index contributed by atoms with van der Waals surface area (Å²) >= 11 is 0. The van der Waals surface area contributed by atoms with Crippen LogP contribution in [-0.4, -0.2) is 5.91 Å². The third-order valence-corrected chi connectivity index (χ3v) is 2.07. The van der Waals surface area contributed by atoms with E-state index in [1.165, 1.54) is 0 Å². The zero-order valence-electron chi connectivity index (χ0n) is 9.18. The summed E-state index contributed by atoms with van der Waals surface area (Å²) in [6.45, 7) is 0. The first-order valence-electron chi connectivity index (χ1n) is 4.94. The van der Waals surface area contributed by atoms with Gasteiger partial charge >= 0.3 is 0 Å². The molecular weight excluding hydrogens is 289 g/mol. The Labute approximate surface area is 125 Å². The Bertz CT molecular complexity index is 459. The Hall–Kier alpha value is -1.19. The quantitative estimate of drug-likeness (QED) is 0.674. The standard InChI is InChI=1S/C13H11N2O.Y/c16-13(11-7-3-1-4-8-11)15-14-12-9-5-2-6-10-12;/h1,3-10,14H,(H,15,16);/q-1;. The number of carbonyl (C=O) groups is 1. The van der Waals surface area contributed by atoms with Crippen molar-refractivity contribution in [2.75, 3.05) is 5.43 Å². The van der Waals surface area contributed by atoms with Gasteiger partial charge in [0.05, 0.1) is 0 Å². The molecule has 3 nitrogen and oxygen atoms in total. The average Bonchev–Trinajstić information content (AvgIpc) is 2.38. The molecule has 0 aliphatic rings. The number of hydrogen-bond acceptors (Lipinski definition) is 2. The van der Waals surface area contributed by atoms with Gasteiger partial charge in [-0.3, -0.25) is 10.2 Å². The molecule has 0 spiro atoms. The van der Waals surface area contributed by atoms with Crippen molar-refractivity contribution in [1.29, 1.82) is 0 Å². The SMILES string of the molecule is O=C(NNc1cc[c-]cc1)c1ccccc1.[Y]. The minimum absolute atomic E-state index is 0. The first-order valence-corrected chi connectivity index (χ1v) is 4.94. The number of amides is 1. The molecule has 0 unspecified atom stereocenters. The summed E-state index contributed by atoms with van der Waals surface area (Å²) in [4.78, 5) is 11.6. The zero-order chi connectivity index (χ0) is 11.2. The van der Waals surface area contributed by atoms with Gasteiger partial charge in [0, 0.05) is 38.3 Å². The summed E-state index contributed by atoms with van der Waals surface area (Å²) in [5.74, 6) is -0.159. The third-order valence-electron chi connectivity index (χ3n) is 2.07. The fourth-order valence-corrected chi connectivity index (χ4v) is 1.26. The molecule has 1 radical (unpaired) electrons. The maximum absolute atomic E-state index is 11.6. The van der Waals surface area contributed by atoms with E-state index in [1.807, 2.05) is 30.3 Å². The monoisotopic (exact) mass is 300 g/mol. The largest absolute Gasteiger partial charge is 0.323 e. The normalized spacial score (nSPS) is 8.94. The minimum atomic E-state index is -0.159. The van der Waals surface area contributed by atoms with Crippen LogP contribution in [0.4, 0.5) is 5.69 Å². The maximum atomic E-state index is 11.6. The van der Waals surface area contributed by atoms with Crippen molar-refractivity contribution in [2.45, 2.75) is 0 Å². The first-order chi connectivity index (χ1) is 7.86. The van der Waals surface area contributed by atoms with Crippen molar-refractivity contribution in [3.63, 3.8) is 0 Å². The van der Waals surface area contributed by atoms with Crippen LogP contribution in [0.1, 0.15) is 10.4 Å². The molecule has 0 aliphatic carbocycles. The van der Waals surface area contributed by atoms with Crippen molar-refractivity contribution in [3.05, 3.63) is 66.2 Å². The Morgan fingerprint density at radius 3 is 2.29 bits per heavy atom. The van der Waals surface area contributed by atoms with Gasteiger partial charge in [0.15, 0.2) is 0 Å². The summed E-state index contributed by atoms with van der Waals surface area (Å²) in [5.41, 5.74) is 6.88. The second-order valence-corrected chi connectivity index (χ2v) is 3.23. The average molecular weight is 300 g/mol. The van der Waals surface area contributed by atoms with Crippen molar-refractivity contribution in [3.8, 4) is 0 Å². The van der Waals surface area contributed by atoms with Gasteiger partial charge in [-0.15, -0.1) is 12.1 Å². The summed E-state index contributed by atoms with van der Waals surface area (Å²) < 4.78 is 0. The van der Waals surface area contributed by atoms with Crippen LogP contribution in [0.15, 0.2) is 54.6 Å². The van der Waals surface area contributed by atoms with E-state index in [4.69, 9.17) is 0 Å². The van der Waals surface area contributed by atoms with Crippen LogP contribution in [0.3, 0.4) is 0 Å². The topological polar surface area (TPSA) is 41.1 Å². The molecule has 2 rings (SSSR count). The van der Waals surface area contributed by atoms with Crippen LogP contribution in [0, 0.1) is 6.07 Å². The van der Waals surface area contributed by atoms with Crippen molar-refractivity contribution < 1.29 is 37.5 Å². The molecule has 0 saturated carbocycles. The van der Waals surface area contributed by atoms with E-state index in [1.54, 1.807) is 24.3 Å². The molecule has 2 aromatic rings. The molecule has 17 heavy (non-hydrogen) atoms. The van der Waals surface area contributed by atoms with Crippen molar-refractivity contribution in [2.24, 2.45) is 0 Å². The molecule has 0 aromatic heterocycles. The van der Waals surface area contributed by atoms with Crippen molar-refractivity contribution >= 4 is 11.6 Å². The minimum Gasteiger partial charge on any atom is -0.323 e. The Morgan fingerprint density at radius 1 is 1.00 bits per heavy atom. The smallest absolute Gasteiger partial charge is 0.269 e. The molecule has 2 aromatic carbocycles. The van der Waals surface area contributed by atoms with E-state index in [0.717, 1.165) is 5.69 Å². The Balaban J connectivity index is 0.00000144. The van der Waals surface area contributed by atoms with E-state index >= 15 is 0 Å². The molecule has 0 saturated heterocycles. The van der Waals surface area contributed by atoms with Crippen LogP contribution in [-0.2, 0) is 32.7 Å². The van der Waals surface area contributed by atoms with E-state index in [2.05, 4.69) is 16.9 Å². The van der Waals surface area contributed by atoms with Gasteiger partial charge in [0.1, 0.15) is 0 Å². The van der Waals surface area contributed by atoms with Gasteiger partial charge in [-0.25, -0.2) is 0 Å². The second-order valence-electron chi connectivity index (χ2n) is 3.23. The van der Waals surface area contributed by atoms with E-state index < -0.39 is 0 Å². The van der Waals surface area contributed by atoms with E-state index in [9.17, 15) is 4.79 Å². The first kappa shape index (κ1) is 13.9. The number of rotatable bonds is 3. The maximum Gasteiger partial charge on any atom is 0.269 e. The number of anilines is 1. The molecule has 0 fully saturated rings. The number of hydrazine groups is 1. The molecule has 4 heteroatoms. The third kappa shape index (κ3) is 4.29. The number of carbonyl (C=O) groups excluding carboxylic acids is 1. The molecular formula is C13H11N2OY-. The van der Waals surface area contributed by atoms with Crippen LogP contribution in [0.5, 0.6) is 0 Å². The Kier molecular flexibility index (Phi) is 5.88. The molecule has 83 valence electrons. The fourth-order valence-electron chi connectivity index (χ4n) is 1.26. The van der Waals surface area contributed by atoms with Gasteiger partial charge in [0.25, 0.3) is 5.91 Å². The van der Waals surface area contributed by atoms with Crippen LogP contribution >= 0.6 is 0 Å². The van der Waals surface area contributed by atoms with Crippen LogP contribution < -0.4 is 10.9 Å². The number of nitrogens with one attached hydrogen (secondary N) is 2. The van der Waals surface area contributed by atoms with Crippen molar-refractivity contribution in [1.82, 2.24) is 5.43 Å². The van der Waals surface area contributed by atoms with Gasteiger partial charge in [0.2, 0.25) is 0 Å². The van der Waals surface area contributed by atoms with E-state index in [0.29, 0.717) is 5.56 Å².